The zero-order valence-corrected chi connectivity index (χ0v) is 7.44. The fourth-order valence-corrected chi connectivity index (χ4v) is 1.02. The summed E-state index contributed by atoms with van der Waals surface area (Å²) >= 11 is 16.6. The van der Waals surface area contributed by atoms with Gasteiger partial charge in [0.25, 0.3) is 0 Å². The minimum Gasteiger partial charge on any atom is -0.300 e. The van der Waals surface area contributed by atoms with E-state index in [0.717, 1.165) is 0 Å². The van der Waals surface area contributed by atoms with Gasteiger partial charge in [0, 0.05) is 6.21 Å². The molecule has 0 fully saturated rings. The summed E-state index contributed by atoms with van der Waals surface area (Å²) in [5, 5.41) is -0.0517. The Morgan fingerprint density at radius 3 is 2.82 bits per heavy atom. The fraction of sp³-hybridized carbons (Fsp3) is 0.400. The molecule has 3 nitrogen and oxygen atoms in total. The van der Waals surface area contributed by atoms with Crippen LogP contribution < -0.4 is 0 Å². The molecule has 0 saturated carbocycles. The highest BCUT2D eigenvalue weighted by Crippen LogP contribution is 2.21. The number of hydrogen-bond donors (Lipinski definition) is 0. The molecule has 0 aromatic carbocycles. The van der Waals surface area contributed by atoms with Gasteiger partial charge in [0.15, 0.2) is 11.2 Å². The molecule has 0 N–H and O–H groups in total. The highest BCUT2D eigenvalue weighted by atomic mass is 35.5. The lowest BCUT2D eigenvalue weighted by atomic mass is 10.2. The minimum atomic E-state index is -1.41. The lowest BCUT2D eigenvalue weighted by molar-refractivity contribution is -0.107. The number of halogens is 3. The van der Waals surface area contributed by atoms with Gasteiger partial charge >= 0.3 is 0 Å². The Kier molecular flexibility index (Phi) is 2.52. The van der Waals surface area contributed by atoms with Crippen LogP contribution in [0.3, 0.4) is 0 Å². The molecule has 1 heterocycles. The van der Waals surface area contributed by atoms with E-state index in [4.69, 9.17) is 34.8 Å². The van der Waals surface area contributed by atoms with Crippen LogP contribution in [0, 0.1) is 0 Å². The van der Waals surface area contributed by atoms with E-state index in [1.54, 1.807) is 0 Å². The smallest absolute Gasteiger partial charge is 0.215 e. The van der Waals surface area contributed by atoms with Crippen molar-refractivity contribution in [3.8, 4) is 0 Å². The van der Waals surface area contributed by atoms with E-state index in [1.807, 2.05) is 0 Å². The molecule has 0 bridgehead atoms. The second-order valence-corrected chi connectivity index (χ2v) is 3.27. The third kappa shape index (κ3) is 1.72. The number of rotatable bonds is 1. The van der Waals surface area contributed by atoms with Crippen molar-refractivity contribution in [3.63, 3.8) is 0 Å². The molecule has 0 aliphatic carbocycles. The standard InChI is InChI=1S/C5H3Cl3N2O/c6-3-5(8,2-11)1-9-4(7)10-3/h1-2,4H. The summed E-state index contributed by atoms with van der Waals surface area (Å²) in [6.07, 6.45) is 1.63. The molecule has 1 aliphatic heterocycles. The van der Waals surface area contributed by atoms with Crippen molar-refractivity contribution in [3.05, 3.63) is 0 Å². The summed E-state index contributed by atoms with van der Waals surface area (Å²) in [7, 11) is 0. The molecular formula is C5H3Cl3N2O. The van der Waals surface area contributed by atoms with E-state index in [2.05, 4.69) is 9.98 Å². The molecule has 0 saturated heterocycles. The third-order valence-corrected chi connectivity index (χ3v) is 2.18. The van der Waals surface area contributed by atoms with Gasteiger partial charge in [-0.05, 0) is 0 Å². The van der Waals surface area contributed by atoms with Gasteiger partial charge in [-0.15, -0.1) is 0 Å². The maximum Gasteiger partial charge on any atom is 0.215 e. The van der Waals surface area contributed by atoms with E-state index in [1.165, 1.54) is 6.21 Å². The van der Waals surface area contributed by atoms with E-state index < -0.39 is 10.5 Å². The Morgan fingerprint density at radius 1 is 1.73 bits per heavy atom. The number of alkyl halides is 2. The monoisotopic (exact) mass is 212 g/mol. The van der Waals surface area contributed by atoms with Crippen LogP contribution in [0.25, 0.3) is 0 Å². The number of aldehydes is 1. The quantitative estimate of drug-likeness (QED) is 0.369. The lowest BCUT2D eigenvalue weighted by Crippen LogP contribution is -2.36. The fourth-order valence-electron chi connectivity index (χ4n) is 0.528. The van der Waals surface area contributed by atoms with Gasteiger partial charge in [-0.1, -0.05) is 34.8 Å². The van der Waals surface area contributed by atoms with Gasteiger partial charge in [-0.25, -0.2) is 4.99 Å². The molecule has 60 valence electrons. The summed E-state index contributed by atoms with van der Waals surface area (Å²) in [6.45, 7) is 0. The predicted molar refractivity (Wildman–Crippen MR) is 46.1 cm³/mol. The molecule has 1 rings (SSSR count). The molecule has 2 unspecified atom stereocenters. The molecule has 0 spiro atoms. The zero-order valence-electron chi connectivity index (χ0n) is 5.17. The van der Waals surface area contributed by atoms with Crippen LogP contribution in [-0.2, 0) is 4.79 Å². The highest BCUT2D eigenvalue weighted by Gasteiger charge is 2.33. The molecule has 0 aromatic heterocycles. The van der Waals surface area contributed by atoms with E-state index in [9.17, 15) is 4.79 Å². The Morgan fingerprint density at radius 2 is 2.36 bits per heavy atom. The number of nitrogens with zero attached hydrogens (tertiary/aromatic N) is 2. The number of carbonyl (C=O) groups excluding carboxylic acids is 1. The summed E-state index contributed by atoms with van der Waals surface area (Å²) in [5.74, 6) is 0. The van der Waals surface area contributed by atoms with E-state index in [-0.39, 0.29) is 5.17 Å². The van der Waals surface area contributed by atoms with Gasteiger partial charge in [0.05, 0.1) is 0 Å². The van der Waals surface area contributed by atoms with Gasteiger partial charge in [0.1, 0.15) is 5.17 Å². The average molecular weight is 213 g/mol. The Hall–Kier alpha value is -0.120. The molecule has 6 heteroatoms. The number of hydrogen-bond acceptors (Lipinski definition) is 3. The van der Waals surface area contributed by atoms with Crippen molar-refractivity contribution >= 4 is 52.5 Å². The first-order valence-corrected chi connectivity index (χ1v) is 3.85. The van der Waals surface area contributed by atoms with Gasteiger partial charge in [-0.3, -0.25) is 4.99 Å². The van der Waals surface area contributed by atoms with Crippen molar-refractivity contribution in [1.82, 2.24) is 0 Å². The second kappa shape index (κ2) is 3.09. The molecule has 11 heavy (non-hydrogen) atoms. The first kappa shape index (κ1) is 8.97. The second-order valence-electron chi connectivity index (χ2n) is 1.89. The maximum absolute atomic E-state index is 10.4. The molecule has 2 atom stereocenters. The van der Waals surface area contributed by atoms with Gasteiger partial charge < -0.3 is 4.79 Å². The van der Waals surface area contributed by atoms with Crippen LogP contribution in [0.2, 0.25) is 0 Å². The molecule has 1 aliphatic rings. The number of carbonyl (C=O) groups is 1. The first-order valence-electron chi connectivity index (χ1n) is 2.66. The normalized spacial score (nSPS) is 36.6. The van der Waals surface area contributed by atoms with Crippen molar-refractivity contribution in [2.75, 3.05) is 0 Å². The summed E-state index contributed by atoms with van der Waals surface area (Å²) in [4.78, 5) is 16.2. The summed E-state index contributed by atoms with van der Waals surface area (Å²) < 4.78 is 0. The van der Waals surface area contributed by atoms with Gasteiger partial charge in [-0.2, -0.15) is 0 Å². The van der Waals surface area contributed by atoms with Crippen LogP contribution in [0.1, 0.15) is 0 Å². The lowest BCUT2D eigenvalue weighted by Gasteiger charge is -2.17. The van der Waals surface area contributed by atoms with Crippen LogP contribution in [0.5, 0.6) is 0 Å². The SMILES string of the molecule is O=CC1(Cl)C=NC(Cl)N=C1Cl. The molecule has 0 aromatic rings. The van der Waals surface area contributed by atoms with Crippen LogP contribution in [-0.4, -0.2) is 28.2 Å². The average Bonchev–Trinajstić information content (AvgIpc) is 1.98. The highest BCUT2D eigenvalue weighted by molar-refractivity contribution is 6.78. The van der Waals surface area contributed by atoms with Crippen molar-refractivity contribution in [1.29, 1.82) is 0 Å². The van der Waals surface area contributed by atoms with Crippen LogP contribution in [0.4, 0.5) is 0 Å². The number of aliphatic imine (C=N–C) groups is 2. The topological polar surface area (TPSA) is 41.8 Å². The maximum atomic E-state index is 10.4. The summed E-state index contributed by atoms with van der Waals surface area (Å²) in [6, 6.07) is 0. The Balaban J connectivity index is 2.96. The Labute approximate surface area is 78.1 Å². The molecule has 0 radical (unpaired) electrons. The summed E-state index contributed by atoms with van der Waals surface area (Å²) in [5.41, 5.74) is -0.769. The Bertz CT molecular complexity index is 240. The molecular weight excluding hydrogens is 210 g/mol. The van der Waals surface area contributed by atoms with E-state index in [0.29, 0.717) is 6.29 Å². The zero-order chi connectivity index (χ0) is 8.48. The predicted octanol–water partition coefficient (Wildman–Crippen LogP) is 1.41. The van der Waals surface area contributed by atoms with Crippen molar-refractivity contribution in [2.45, 2.75) is 10.5 Å². The first-order chi connectivity index (χ1) is 5.08. The van der Waals surface area contributed by atoms with Crippen LogP contribution in [0.15, 0.2) is 9.98 Å². The van der Waals surface area contributed by atoms with Crippen molar-refractivity contribution < 1.29 is 4.79 Å². The minimum absolute atomic E-state index is 0.0517. The van der Waals surface area contributed by atoms with E-state index >= 15 is 0 Å². The largest absolute Gasteiger partial charge is 0.300 e. The van der Waals surface area contributed by atoms with Gasteiger partial charge in [0.2, 0.25) is 5.62 Å². The van der Waals surface area contributed by atoms with Crippen molar-refractivity contribution in [2.24, 2.45) is 9.98 Å². The van der Waals surface area contributed by atoms with Crippen LogP contribution >= 0.6 is 34.8 Å². The molecule has 0 amide bonds. The third-order valence-electron chi connectivity index (χ3n) is 1.09.